The number of carbonyl (C=O) groups is 1. The van der Waals surface area contributed by atoms with E-state index >= 15 is 0 Å². The molecule has 2 bridgehead atoms. The Balaban J connectivity index is 1.19. The number of hydrogen-bond acceptors (Lipinski definition) is 7. The van der Waals surface area contributed by atoms with E-state index in [-0.39, 0.29) is 17.9 Å². The van der Waals surface area contributed by atoms with Crippen molar-refractivity contribution in [2.24, 2.45) is 0 Å². The number of piperazine rings is 1. The number of nitriles is 1. The number of amides is 2. The van der Waals surface area contributed by atoms with Gasteiger partial charge in [0.25, 0.3) is 0 Å². The number of hydrogen-bond donors (Lipinski definition) is 2. The first-order valence-electron chi connectivity index (χ1n) is 13.1. The lowest BCUT2D eigenvalue weighted by Crippen LogP contribution is -2.56. The molecule has 1 aromatic heterocycles. The summed E-state index contributed by atoms with van der Waals surface area (Å²) in [6.45, 7) is 5.96. The Morgan fingerprint density at radius 2 is 1.84 bits per heavy atom. The molecule has 38 heavy (non-hydrogen) atoms. The summed E-state index contributed by atoms with van der Waals surface area (Å²) in [5, 5.41) is 25.7. The fraction of sp³-hybridized carbons (Fsp3) is 0.414. The first kappa shape index (κ1) is 25.6. The van der Waals surface area contributed by atoms with Crippen LogP contribution in [0.25, 0.3) is 0 Å². The largest absolute Gasteiger partial charge is 0.508 e. The number of phenolic OH excluding ortho intramolecular Hbond substituents is 1. The summed E-state index contributed by atoms with van der Waals surface area (Å²) in [6, 6.07) is 17.0. The molecule has 3 aromatic rings. The van der Waals surface area contributed by atoms with E-state index in [9.17, 15) is 9.90 Å². The minimum Gasteiger partial charge on any atom is -0.508 e. The Morgan fingerprint density at radius 3 is 2.45 bits per heavy atom. The molecule has 3 atom stereocenters. The van der Waals surface area contributed by atoms with Crippen molar-refractivity contribution in [3.63, 3.8) is 0 Å². The van der Waals surface area contributed by atoms with Crippen LogP contribution < -0.4 is 10.1 Å². The molecular weight excluding hydrogens is 482 g/mol. The molecule has 9 nitrogen and oxygen atoms in total. The quantitative estimate of drug-likeness (QED) is 0.426. The lowest BCUT2D eigenvalue weighted by molar-refractivity contribution is 0.0813. The Morgan fingerprint density at radius 1 is 1.16 bits per heavy atom. The van der Waals surface area contributed by atoms with E-state index in [2.05, 4.69) is 21.4 Å². The first-order valence-corrected chi connectivity index (χ1v) is 13.1. The van der Waals surface area contributed by atoms with Crippen molar-refractivity contribution in [2.75, 3.05) is 25.0 Å². The van der Waals surface area contributed by atoms with Crippen LogP contribution in [-0.2, 0) is 0 Å². The number of rotatable bonds is 8. The van der Waals surface area contributed by atoms with Crippen LogP contribution in [0.15, 0.2) is 53.1 Å². The lowest BCUT2D eigenvalue weighted by Gasteiger charge is -2.41. The molecule has 0 spiro atoms. The Hall–Kier alpha value is -4.03. The number of aromatic nitrogens is 1. The van der Waals surface area contributed by atoms with Crippen LogP contribution in [0, 0.1) is 25.2 Å². The molecule has 2 saturated heterocycles. The zero-order valence-electron chi connectivity index (χ0n) is 21.8. The molecule has 3 unspecified atom stereocenters. The van der Waals surface area contributed by atoms with E-state index < -0.39 is 0 Å². The van der Waals surface area contributed by atoms with Crippen LogP contribution in [0.3, 0.4) is 0 Å². The van der Waals surface area contributed by atoms with Crippen molar-refractivity contribution in [1.29, 1.82) is 5.26 Å². The van der Waals surface area contributed by atoms with Gasteiger partial charge in [0.15, 0.2) is 5.76 Å². The summed E-state index contributed by atoms with van der Waals surface area (Å²) in [7, 11) is 0. The van der Waals surface area contributed by atoms with Gasteiger partial charge in [-0.3, -0.25) is 4.90 Å². The van der Waals surface area contributed by atoms with Crippen molar-refractivity contribution >= 4 is 11.7 Å². The predicted molar refractivity (Wildman–Crippen MR) is 142 cm³/mol. The van der Waals surface area contributed by atoms with Gasteiger partial charge in [-0.25, -0.2) is 4.79 Å². The number of benzene rings is 2. The van der Waals surface area contributed by atoms with Gasteiger partial charge in [-0.05, 0) is 88.0 Å². The van der Waals surface area contributed by atoms with Gasteiger partial charge in [0.1, 0.15) is 29.0 Å². The van der Waals surface area contributed by atoms with Gasteiger partial charge in [0, 0.05) is 25.2 Å². The molecule has 5 rings (SSSR count). The van der Waals surface area contributed by atoms with Crippen LogP contribution in [0.1, 0.15) is 54.4 Å². The molecule has 0 aliphatic carbocycles. The average molecular weight is 516 g/mol. The van der Waals surface area contributed by atoms with Crippen LogP contribution in [0.5, 0.6) is 11.5 Å². The first-order chi connectivity index (χ1) is 18.4. The summed E-state index contributed by atoms with van der Waals surface area (Å²) in [6.07, 6.45) is 3.73. The highest BCUT2D eigenvalue weighted by atomic mass is 16.5. The van der Waals surface area contributed by atoms with Crippen LogP contribution in [0.2, 0.25) is 0 Å². The van der Waals surface area contributed by atoms with Crippen molar-refractivity contribution in [3.8, 4) is 17.6 Å². The number of likely N-dealkylation sites (tertiary alicyclic amines) is 1. The zero-order chi connectivity index (χ0) is 26.6. The van der Waals surface area contributed by atoms with Crippen molar-refractivity contribution in [1.82, 2.24) is 15.0 Å². The third kappa shape index (κ3) is 5.60. The molecule has 3 heterocycles. The maximum atomic E-state index is 13.0. The van der Waals surface area contributed by atoms with E-state index in [0.29, 0.717) is 53.6 Å². The summed E-state index contributed by atoms with van der Waals surface area (Å²) in [4.78, 5) is 17.4. The second-order valence-corrected chi connectivity index (χ2v) is 10.1. The highest BCUT2D eigenvalue weighted by molar-refractivity contribution is 5.90. The fourth-order valence-electron chi connectivity index (χ4n) is 5.58. The SMILES string of the molecule is Cc1noc(C)c1NC(=O)N1CC2CCC(C1)N2CCCC(Oc1ccc(O)cc1)c1ccc(C#N)cc1. The maximum Gasteiger partial charge on any atom is 0.322 e. The van der Waals surface area contributed by atoms with E-state index in [1.54, 1.807) is 31.2 Å². The number of aryl methyl sites for hydroxylation is 2. The highest BCUT2D eigenvalue weighted by Crippen LogP contribution is 2.33. The molecule has 2 aliphatic heterocycles. The number of nitrogens with zero attached hydrogens (tertiary/aromatic N) is 4. The monoisotopic (exact) mass is 515 g/mol. The fourth-order valence-corrected chi connectivity index (χ4v) is 5.58. The molecule has 2 amide bonds. The average Bonchev–Trinajstić information content (AvgIpc) is 3.36. The summed E-state index contributed by atoms with van der Waals surface area (Å²) < 4.78 is 11.5. The Bertz CT molecular complexity index is 1260. The molecule has 2 aliphatic rings. The number of urea groups is 1. The number of carbonyl (C=O) groups excluding carboxylic acids is 1. The van der Waals surface area contributed by atoms with Gasteiger partial charge in [0.05, 0.1) is 11.6 Å². The van der Waals surface area contributed by atoms with Gasteiger partial charge in [-0.1, -0.05) is 17.3 Å². The van der Waals surface area contributed by atoms with Crippen molar-refractivity contribution < 1.29 is 19.2 Å². The maximum absolute atomic E-state index is 13.0. The zero-order valence-corrected chi connectivity index (χ0v) is 21.8. The van der Waals surface area contributed by atoms with Gasteiger partial charge >= 0.3 is 6.03 Å². The minimum absolute atomic E-state index is 0.0980. The summed E-state index contributed by atoms with van der Waals surface area (Å²) in [5.74, 6) is 1.50. The number of ether oxygens (including phenoxy) is 1. The van der Waals surface area contributed by atoms with Crippen molar-refractivity contribution in [2.45, 2.75) is 57.7 Å². The molecule has 2 N–H and O–H groups in total. The van der Waals surface area contributed by atoms with Crippen LogP contribution >= 0.6 is 0 Å². The van der Waals surface area contributed by atoms with Gasteiger partial charge in [-0.2, -0.15) is 5.26 Å². The number of fused-ring (bicyclic) bond motifs is 2. The standard InChI is InChI=1S/C29H33N5O4/c1-19-28(20(2)38-32-19)31-29(36)33-17-23-9-10-24(18-33)34(23)15-3-4-27(22-7-5-21(16-30)6-8-22)37-26-13-11-25(35)12-14-26/h5-8,11-14,23-24,27,35H,3-4,9-10,15,17-18H2,1-2H3,(H,31,36). The topological polar surface area (TPSA) is 115 Å². The van der Waals surface area contributed by atoms with E-state index in [1.165, 1.54) is 0 Å². The Kier molecular flexibility index (Phi) is 7.52. The number of nitrogens with one attached hydrogen (secondary N) is 1. The normalized spacial score (nSPS) is 19.7. The smallest absolute Gasteiger partial charge is 0.322 e. The number of phenols is 1. The summed E-state index contributed by atoms with van der Waals surface area (Å²) in [5.41, 5.74) is 2.97. The van der Waals surface area contributed by atoms with Crippen LogP contribution in [-0.4, -0.2) is 57.8 Å². The lowest BCUT2D eigenvalue weighted by atomic mass is 10.0. The predicted octanol–water partition coefficient (Wildman–Crippen LogP) is 5.15. The van der Waals surface area contributed by atoms with E-state index in [4.69, 9.17) is 14.5 Å². The Labute approximate surface area is 222 Å². The molecule has 0 radical (unpaired) electrons. The number of anilines is 1. The highest BCUT2D eigenvalue weighted by Gasteiger charge is 2.41. The third-order valence-electron chi connectivity index (χ3n) is 7.60. The van der Waals surface area contributed by atoms with Crippen molar-refractivity contribution in [3.05, 3.63) is 71.1 Å². The second-order valence-electron chi connectivity index (χ2n) is 10.1. The van der Waals surface area contributed by atoms with Gasteiger partial charge in [0.2, 0.25) is 0 Å². The molecule has 198 valence electrons. The number of aromatic hydroxyl groups is 1. The minimum atomic E-state index is -0.174. The molecule has 9 heteroatoms. The van der Waals surface area contributed by atoms with Crippen LogP contribution in [0.4, 0.5) is 10.5 Å². The molecule has 0 saturated carbocycles. The molecule has 2 fully saturated rings. The van der Waals surface area contributed by atoms with Gasteiger partial charge < -0.3 is 24.6 Å². The summed E-state index contributed by atoms with van der Waals surface area (Å²) >= 11 is 0. The second kappa shape index (κ2) is 11.2. The molecular formula is C29H33N5O4. The van der Waals surface area contributed by atoms with E-state index in [0.717, 1.165) is 37.8 Å². The van der Waals surface area contributed by atoms with Gasteiger partial charge in [-0.15, -0.1) is 0 Å². The molecule has 2 aromatic carbocycles. The van der Waals surface area contributed by atoms with E-state index in [1.807, 2.05) is 36.1 Å². The third-order valence-corrected chi connectivity index (χ3v) is 7.60.